The molecule has 0 aliphatic carbocycles. The molecule has 1 rings (SSSR count). The Morgan fingerprint density at radius 2 is 2.43 bits per heavy atom. The van der Waals surface area contributed by atoms with Gasteiger partial charge in [-0.2, -0.15) is 0 Å². The molecule has 78 valence electrons. The van der Waals surface area contributed by atoms with Crippen molar-refractivity contribution in [1.29, 1.82) is 0 Å². The van der Waals surface area contributed by atoms with Crippen LogP contribution in [0.25, 0.3) is 0 Å². The molecule has 0 aromatic rings. The highest BCUT2D eigenvalue weighted by Crippen LogP contribution is 2.18. The van der Waals surface area contributed by atoms with Gasteiger partial charge in [0.25, 0.3) is 0 Å². The minimum absolute atomic E-state index is 0.0402. The third-order valence-electron chi connectivity index (χ3n) is 2.23. The highest BCUT2D eigenvalue weighted by atomic mass is 16.5. The molecule has 0 radical (unpaired) electrons. The van der Waals surface area contributed by atoms with Gasteiger partial charge in [-0.1, -0.05) is 0 Å². The van der Waals surface area contributed by atoms with Gasteiger partial charge in [0.05, 0.1) is 6.10 Å². The Morgan fingerprint density at radius 1 is 1.64 bits per heavy atom. The van der Waals surface area contributed by atoms with Gasteiger partial charge in [0.15, 0.2) is 0 Å². The summed E-state index contributed by atoms with van der Waals surface area (Å²) >= 11 is 0. The summed E-state index contributed by atoms with van der Waals surface area (Å²) < 4.78 is 5.41. The van der Waals surface area contributed by atoms with E-state index >= 15 is 0 Å². The molecule has 1 fully saturated rings. The minimum atomic E-state index is -0.332. The van der Waals surface area contributed by atoms with E-state index in [-0.39, 0.29) is 18.1 Å². The number of amides is 1. The fourth-order valence-electron chi connectivity index (χ4n) is 1.44. The van der Waals surface area contributed by atoms with Gasteiger partial charge in [0.1, 0.15) is 6.10 Å². The summed E-state index contributed by atoms with van der Waals surface area (Å²) in [6.07, 6.45) is 6.94. The Morgan fingerprint density at radius 3 is 3.00 bits per heavy atom. The maximum absolute atomic E-state index is 11.4. The predicted molar refractivity (Wildman–Crippen MR) is 53.4 cm³/mol. The Balaban J connectivity index is 2.22. The van der Waals surface area contributed by atoms with Crippen molar-refractivity contribution >= 4 is 5.91 Å². The highest BCUT2D eigenvalue weighted by Gasteiger charge is 2.29. The molecule has 1 aliphatic heterocycles. The Kier molecular flexibility index (Phi) is 4.44. The van der Waals surface area contributed by atoms with Crippen molar-refractivity contribution in [1.82, 2.24) is 5.32 Å². The molecule has 3 N–H and O–H groups in total. The fourth-order valence-corrected chi connectivity index (χ4v) is 1.44. The van der Waals surface area contributed by atoms with E-state index in [4.69, 9.17) is 16.9 Å². The lowest BCUT2D eigenvalue weighted by atomic mass is 10.2. The van der Waals surface area contributed by atoms with Crippen molar-refractivity contribution in [2.45, 2.75) is 31.5 Å². The molecular weight excluding hydrogens is 180 g/mol. The number of hydrogen-bond acceptors (Lipinski definition) is 3. The van der Waals surface area contributed by atoms with Crippen LogP contribution in [-0.2, 0) is 9.53 Å². The maximum atomic E-state index is 11.4. The molecule has 4 nitrogen and oxygen atoms in total. The first-order valence-electron chi connectivity index (χ1n) is 4.84. The van der Waals surface area contributed by atoms with Crippen LogP contribution >= 0.6 is 0 Å². The quantitative estimate of drug-likeness (QED) is 0.476. The number of ether oxygens (including phenoxy) is 1. The molecule has 2 atom stereocenters. The monoisotopic (exact) mass is 196 g/mol. The minimum Gasteiger partial charge on any atom is -0.364 e. The second kappa shape index (κ2) is 5.63. The lowest BCUT2D eigenvalue weighted by Crippen LogP contribution is -2.35. The summed E-state index contributed by atoms with van der Waals surface area (Å²) in [7, 11) is 0. The Hall–Kier alpha value is -1.05. The molecule has 1 aliphatic rings. The van der Waals surface area contributed by atoms with Crippen molar-refractivity contribution in [3.8, 4) is 12.3 Å². The van der Waals surface area contributed by atoms with Gasteiger partial charge in [-0.15, -0.1) is 12.3 Å². The van der Waals surface area contributed by atoms with Crippen LogP contribution in [0.5, 0.6) is 0 Å². The molecular formula is C10H16N2O2. The zero-order chi connectivity index (χ0) is 10.4. The first-order valence-corrected chi connectivity index (χ1v) is 4.84. The number of hydrogen-bond donors (Lipinski definition) is 2. The first kappa shape index (κ1) is 11.0. The predicted octanol–water partition coefficient (Wildman–Crippen LogP) is -0.368. The SMILES string of the molecule is C#CCCNC(=O)C1CCC(CN)O1. The summed E-state index contributed by atoms with van der Waals surface area (Å²) in [5, 5.41) is 2.72. The molecule has 14 heavy (non-hydrogen) atoms. The average Bonchev–Trinajstić information content (AvgIpc) is 2.66. The fraction of sp³-hybridized carbons (Fsp3) is 0.700. The molecule has 1 amide bonds. The van der Waals surface area contributed by atoms with Crippen molar-refractivity contribution in [2.75, 3.05) is 13.1 Å². The van der Waals surface area contributed by atoms with Crippen LogP contribution < -0.4 is 11.1 Å². The number of nitrogens with two attached hydrogens (primary N) is 1. The van der Waals surface area contributed by atoms with E-state index < -0.39 is 0 Å². The van der Waals surface area contributed by atoms with E-state index in [2.05, 4.69) is 11.2 Å². The third-order valence-corrected chi connectivity index (χ3v) is 2.23. The standard InChI is InChI=1S/C10H16N2O2/c1-2-3-6-12-10(13)9-5-4-8(7-11)14-9/h1,8-9H,3-7,11H2,(H,12,13). The van der Waals surface area contributed by atoms with Gasteiger partial charge in [0.2, 0.25) is 5.91 Å². The topological polar surface area (TPSA) is 64.4 Å². The van der Waals surface area contributed by atoms with E-state index in [1.807, 2.05) is 0 Å². The van der Waals surface area contributed by atoms with Gasteiger partial charge in [-0.3, -0.25) is 4.79 Å². The Labute approximate surface area is 84.2 Å². The number of terminal acetylenes is 1. The molecule has 0 spiro atoms. The number of carbonyl (C=O) groups excluding carboxylic acids is 1. The molecule has 0 saturated carbocycles. The third kappa shape index (κ3) is 3.02. The van der Waals surface area contributed by atoms with E-state index in [9.17, 15) is 4.79 Å². The molecule has 2 unspecified atom stereocenters. The lowest BCUT2D eigenvalue weighted by Gasteiger charge is -2.11. The van der Waals surface area contributed by atoms with Crippen LogP contribution in [0.15, 0.2) is 0 Å². The summed E-state index contributed by atoms with van der Waals surface area (Å²) in [5.74, 6) is 2.39. The van der Waals surface area contributed by atoms with Crippen LogP contribution in [0.2, 0.25) is 0 Å². The van der Waals surface area contributed by atoms with Crippen molar-refractivity contribution in [3.05, 3.63) is 0 Å². The van der Waals surface area contributed by atoms with Crippen molar-refractivity contribution in [3.63, 3.8) is 0 Å². The molecule has 0 aromatic carbocycles. The maximum Gasteiger partial charge on any atom is 0.249 e. The van der Waals surface area contributed by atoms with Crippen molar-refractivity contribution < 1.29 is 9.53 Å². The van der Waals surface area contributed by atoms with Gasteiger partial charge < -0.3 is 15.8 Å². The van der Waals surface area contributed by atoms with Gasteiger partial charge >= 0.3 is 0 Å². The summed E-state index contributed by atoms with van der Waals surface area (Å²) in [6.45, 7) is 0.997. The normalized spacial score (nSPS) is 25.7. The first-order chi connectivity index (χ1) is 6.77. The molecule has 0 aromatic heterocycles. The largest absolute Gasteiger partial charge is 0.364 e. The summed E-state index contributed by atoms with van der Waals surface area (Å²) in [5.41, 5.74) is 5.43. The Bertz CT molecular complexity index is 235. The zero-order valence-electron chi connectivity index (χ0n) is 8.16. The van der Waals surface area contributed by atoms with Gasteiger partial charge in [-0.25, -0.2) is 0 Å². The second-order valence-electron chi connectivity index (χ2n) is 3.30. The molecule has 1 heterocycles. The molecule has 1 saturated heterocycles. The highest BCUT2D eigenvalue weighted by molar-refractivity contribution is 5.81. The van der Waals surface area contributed by atoms with Crippen LogP contribution in [0, 0.1) is 12.3 Å². The summed E-state index contributed by atoms with van der Waals surface area (Å²) in [4.78, 5) is 11.4. The lowest BCUT2D eigenvalue weighted by molar-refractivity contribution is -0.131. The zero-order valence-corrected chi connectivity index (χ0v) is 8.16. The van der Waals surface area contributed by atoms with E-state index in [1.54, 1.807) is 0 Å². The van der Waals surface area contributed by atoms with Crippen LogP contribution in [0.3, 0.4) is 0 Å². The summed E-state index contributed by atoms with van der Waals surface area (Å²) in [6, 6.07) is 0. The number of nitrogens with one attached hydrogen (secondary N) is 1. The van der Waals surface area contributed by atoms with Crippen LogP contribution in [-0.4, -0.2) is 31.2 Å². The second-order valence-corrected chi connectivity index (χ2v) is 3.30. The average molecular weight is 196 g/mol. The van der Waals surface area contributed by atoms with Gasteiger partial charge in [-0.05, 0) is 12.8 Å². The van der Waals surface area contributed by atoms with Crippen molar-refractivity contribution in [2.24, 2.45) is 5.73 Å². The van der Waals surface area contributed by atoms with Gasteiger partial charge in [0, 0.05) is 19.5 Å². The molecule has 4 heteroatoms. The van der Waals surface area contributed by atoms with Crippen LogP contribution in [0.4, 0.5) is 0 Å². The van der Waals surface area contributed by atoms with E-state index in [0.29, 0.717) is 19.5 Å². The number of rotatable bonds is 4. The smallest absolute Gasteiger partial charge is 0.249 e. The van der Waals surface area contributed by atoms with Crippen LogP contribution in [0.1, 0.15) is 19.3 Å². The number of carbonyl (C=O) groups is 1. The van der Waals surface area contributed by atoms with E-state index in [0.717, 1.165) is 12.8 Å². The molecule has 0 bridgehead atoms. The van der Waals surface area contributed by atoms with E-state index in [1.165, 1.54) is 0 Å².